The second-order valence-corrected chi connectivity index (χ2v) is 7.77. The normalized spacial score (nSPS) is 18.5. The lowest BCUT2D eigenvalue weighted by atomic mass is 9.89. The second-order valence-electron chi connectivity index (χ2n) is 6.93. The Morgan fingerprint density at radius 1 is 1.29 bits per heavy atom. The van der Waals surface area contributed by atoms with Crippen molar-refractivity contribution in [1.29, 1.82) is 0 Å². The Morgan fingerprint density at radius 3 is 2.89 bits per heavy atom. The summed E-state index contributed by atoms with van der Waals surface area (Å²) in [4.78, 5) is 21.4. The van der Waals surface area contributed by atoms with E-state index in [4.69, 9.17) is 33.9 Å². The molecule has 0 bridgehead atoms. The molecule has 0 saturated carbocycles. The molecule has 1 unspecified atom stereocenters. The first-order chi connectivity index (χ1) is 13.4. The molecule has 2 N–H and O–H groups in total. The third-order valence-corrected chi connectivity index (χ3v) is 5.28. The number of benzene rings is 1. The molecular weight excluding hydrogens is 397 g/mol. The summed E-state index contributed by atoms with van der Waals surface area (Å²) in [5, 5.41) is 4.96. The van der Waals surface area contributed by atoms with Crippen LogP contribution >= 0.6 is 23.2 Å². The molecule has 28 heavy (non-hydrogen) atoms. The number of aromatic nitrogens is 3. The number of nitrogens with zero attached hydrogens (tertiary/aromatic N) is 4. The first-order valence-electron chi connectivity index (χ1n) is 8.67. The Kier molecular flexibility index (Phi) is 4.69. The van der Waals surface area contributed by atoms with Crippen LogP contribution in [0.4, 0.5) is 0 Å². The Balaban J connectivity index is 1.62. The predicted octanol–water partition coefficient (Wildman–Crippen LogP) is 3.64. The Morgan fingerprint density at radius 2 is 2.11 bits per heavy atom. The number of Topliss-reactive ketones (excluding diaryl/α,β-unsaturated/α-hetero) is 1. The first kappa shape index (κ1) is 18.7. The van der Waals surface area contributed by atoms with Gasteiger partial charge in [-0.1, -0.05) is 47.5 Å². The molecule has 0 fully saturated rings. The van der Waals surface area contributed by atoms with E-state index in [0.717, 1.165) is 16.8 Å². The standard InChI is InChI=1S/C20H17Cl2N5O/c1-20(11-27-16(5-6-25-27)19(23)26-20)13-4-2-3-12(7-13)8-17(28)18-15(22)9-14(21)10-24-18/h2-7,9-10H,8,11H2,1H3,(H2,23,26). The number of carbonyl (C=O) groups excluding carboxylic acids is 1. The van der Waals surface area contributed by atoms with Crippen LogP contribution in [0.2, 0.25) is 10.0 Å². The van der Waals surface area contributed by atoms with Gasteiger partial charge in [-0.25, -0.2) is 4.98 Å². The number of pyridine rings is 1. The van der Waals surface area contributed by atoms with Crippen molar-refractivity contribution in [3.8, 4) is 0 Å². The van der Waals surface area contributed by atoms with E-state index >= 15 is 0 Å². The molecule has 142 valence electrons. The Bertz CT molecular complexity index is 1110. The van der Waals surface area contributed by atoms with Crippen LogP contribution in [0.15, 0.2) is 53.8 Å². The summed E-state index contributed by atoms with van der Waals surface area (Å²) in [5.74, 6) is 0.273. The molecule has 0 aliphatic carbocycles. The monoisotopic (exact) mass is 413 g/mol. The maximum Gasteiger partial charge on any atom is 0.187 e. The molecule has 3 aromatic rings. The van der Waals surface area contributed by atoms with Gasteiger partial charge in [0.1, 0.15) is 22.8 Å². The fraction of sp³-hybridized carbons (Fsp3) is 0.200. The molecule has 1 aliphatic rings. The van der Waals surface area contributed by atoms with Crippen LogP contribution in [0.25, 0.3) is 0 Å². The highest BCUT2D eigenvalue weighted by molar-refractivity contribution is 6.36. The van der Waals surface area contributed by atoms with E-state index in [0.29, 0.717) is 17.4 Å². The summed E-state index contributed by atoms with van der Waals surface area (Å²) in [6.07, 6.45) is 3.30. The zero-order valence-electron chi connectivity index (χ0n) is 15.1. The van der Waals surface area contributed by atoms with Crippen molar-refractivity contribution < 1.29 is 4.79 Å². The average molecular weight is 414 g/mol. The van der Waals surface area contributed by atoms with Gasteiger partial charge in [-0.2, -0.15) is 5.10 Å². The van der Waals surface area contributed by atoms with E-state index in [2.05, 4.69) is 10.1 Å². The number of rotatable bonds is 4. The molecule has 0 saturated heterocycles. The predicted molar refractivity (Wildman–Crippen MR) is 109 cm³/mol. The van der Waals surface area contributed by atoms with E-state index in [1.54, 1.807) is 6.20 Å². The molecule has 4 rings (SSSR count). The van der Waals surface area contributed by atoms with Gasteiger partial charge in [-0.15, -0.1) is 0 Å². The molecule has 6 nitrogen and oxygen atoms in total. The van der Waals surface area contributed by atoms with E-state index in [-0.39, 0.29) is 22.9 Å². The van der Waals surface area contributed by atoms with Gasteiger partial charge in [0, 0.05) is 18.8 Å². The van der Waals surface area contributed by atoms with E-state index < -0.39 is 5.54 Å². The maximum atomic E-state index is 12.6. The molecule has 1 aliphatic heterocycles. The smallest absolute Gasteiger partial charge is 0.187 e. The van der Waals surface area contributed by atoms with Gasteiger partial charge in [-0.05, 0) is 30.2 Å². The van der Waals surface area contributed by atoms with Crippen LogP contribution in [0, 0.1) is 0 Å². The van der Waals surface area contributed by atoms with Crippen molar-refractivity contribution in [1.82, 2.24) is 14.8 Å². The summed E-state index contributed by atoms with van der Waals surface area (Å²) in [5.41, 5.74) is 8.38. The molecule has 3 heterocycles. The second kappa shape index (κ2) is 7.04. The lowest BCUT2D eigenvalue weighted by Gasteiger charge is -2.31. The molecule has 1 aromatic carbocycles. The summed E-state index contributed by atoms with van der Waals surface area (Å²) in [7, 11) is 0. The van der Waals surface area contributed by atoms with Gasteiger partial charge in [0.15, 0.2) is 5.78 Å². The quantitative estimate of drug-likeness (QED) is 0.661. The van der Waals surface area contributed by atoms with Crippen LogP contribution in [0.5, 0.6) is 0 Å². The molecule has 8 heteroatoms. The minimum atomic E-state index is -0.571. The largest absolute Gasteiger partial charge is 0.382 e. The number of carbonyl (C=O) groups is 1. The average Bonchev–Trinajstić information content (AvgIpc) is 3.10. The lowest BCUT2D eigenvalue weighted by molar-refractivity contribution is 0.0988. The van der Waals surface area contributed by atoms with Crippen LogP contribution in [0.3, 0.4) is 0 Å². The third-order valence-electron chi connectivity index (χ3n) is 4.79. The number of halogens is 2. The zero-order valence-corrected chi connectivity index (χ0v) is 16.6. The maximum absolute atomic E-state index is 12.6. The van der Waals surface area contributed by atoms with Gasteiger partial charge in [0.05, 0.1) is 16.6 Å². The highest BCUT2D eigenvalue weighted by Crippen LogP contribution is 2.32. The first-order valence-corrected chi connectivity index (χ1v) is 9.42. The van der Waals surface area contributed by atoms with Crippen LogP contribution < -0.4 is 5.73 Å². The fourth-order valence-electron chi connectivity index (χ4n) is 3.39. The molecular formula is C20H17Cl2N5O. The van der Waals surface area contributed by atoms with Gasteiger partial charge in [-0.3, -0.25) is 14.5 Å². The van der Waals surface area contributed by atoms with Crippen molar-refractivity contribution in [2.45, 2.75) is 25.4 Å². The van der Waals surface area contributed by atoms with Gasteiger partial charge >= 0.3 is 0 Å². The van der Waals surface area contributed by atoms with Gasteiger partial charge in [0.25, 0.3) is 0 Å². The molecule has 1 atom stereocenters. The van der Waals surface area contributed by atoms with Crippen molar-refractivity contribution in [2.24, 2.45) is 10.7 Å². The fourth-order valence-corrected chi connectivity index (χ4v) is 3.87. The summed E-state index contributed by atoms with van der Waals surface area (Å²) in [6, 6.07) is 11.1. The van der Waals surface area contributed by atoms with Crippen molar-refractivity contribution in [3.63, 3.8) is 0 Å². The SMILES string of the molecule is CC1(c2cccc(CC(=O)c3ncc(Cl)cc3Cl)c2)Cn2nccc2C(N)=N1. The lowest BCUT2D eigenvalue weighted by Crippen LogP contribution is -2.37. The number of hydrogen-bond acceptors (Lipinski definition) is 5. The van der Waals surface area contributed by atoms with Gasteiger partial charge < -0.3 is 5.73 Å². The molecule has 0 radical (unpaired) electrons. The van der Waals surface area contributed by atoms with E-state index in [9.17, 15) is 4.79 Å². The topological polar surface area (TPSA) is 86.2 Å². The number of fused-ring (bicyclic) bond motifs is 1. The molecule has 0 spiro atoms. The number of aliphatic imine (C=N–C) groups is 1. The number of hydrogen-bond donors (Lipinski definition) is 1. The highest BCUT2D eigenvalue weighted by atomic mass is 35.5. The third kappa shape index (κ3) is 3.41. The Labute approximate surface area is 172 Å². The zero-order chi connectivity index (χ0) is 19.9. The van der Waals surface area contributed by atoms with Gasteiger partial charge in [0.2, 0.25) is 0 Å². The van der Waals surface area contributed by atoms with Crippen LogP contribution in [0.1, 0.15) is 34.2 Å². The number of ketones is 1. The molecule has 0 amide bonds. The minimum Gasteiger partial charge on any atom is -0.382 e. The minimum absolute atomic E-state index is 0.171. The Hall–Kier alpha value is -2.70. The van der Waals surface area contributed by atoms with Crippen LogP contribution in [-0.2, 0) is 18.5 Å². The van der Waals surface area contributed by atoms with Crippen molar-refractivity contribution >= 4 is 34.8 Å². The number of nitrogens with two attached hydrogens (primary N) is 1. The van der Waals surface area contributed by atoms with Crippen molar-refractivity contribution in [3.05, 3.63) is 81.4 Å². The summed E-state index contributed by atoms with van der Waals surface area (Å²) in [6.45, 7) is 2.57. The summed E-state index contributed by atoms with van der Waals surface area (Å²) < 4.78 is 1.84. The van der Waals surface area contributed by atoms with E-state index in [1.807, 2.05) is 41.9 Å². The highest BCUT2D eigenvalue weighted by Gasteiger charge is 2.32. The van der Waals surface area contributed by atoms with Crippen molar-refractivity contribution in [2.75, 3.05) is 0 Å². The molecule has 2 aromatic heterocycles. The summed E-state index contributed by atoms with van der Waals surface area (Å²) >= 11 is 12.0. The number of amidine groups is 1. The van der Waals surface area contributed by atoms with Crippen LogP contribution in [-0.4, -0.2) is 26.4 Å². The van der Waals surface area contributed by atoms with E-state index in [1.165, 1.54) is 12.3 Å².